The summed E-state index contributed by atoms with van der Waals surface area (Å²) in [5.41, 5.74) is -1.56. The van der Waals surface area contributed by atoms with Crippen LogP contribution in [0.4, 0.5) is 8.78 Å². The lowest BCUT2D eigenvalue weighted by Crippen LogP contribution is -2.79. The van der Waals surface area contributed by atoms with Gasteiger partial charge < -0.3 is 25.3 Å². The number of likely N-dealkylation sites (tertiary alicyclic amines) is 2. The molecule has 4 rings (SSSR count). The number of β-lactam (4-membered cyclic amide) rings is 1. The monoisotopic (exact) mass is 529 g/mol. The molecule has 4 atom stereocenters. The van der Waals surface area contributed by atoms with Crippen LogP contribution in [0.1, 0.15) is 55.2 Å². The van der Waals surface area contributed by atoms with E-state index in [1.807, 2.05) is 20.8 Å². The van der Waals surface area contributed by atoms with E-state index >= 15 is 8.78 Å². The van der Waals surface area contributed by atoms with Crippen LogP contribution in [0.25, 0.3) is 0 Å². The van der Waals surface area contributed by atoms with Gasteiger partial charge in [-0.15, -0.1) is 0 Å². The standard InChI is InChI=1S/C28H33F2N3O5/c1-16-18(12-9-13-19(16)34)23(36)31-20(17-10-7-6-8-11-17)21(35)24(37)32-15-28(29,30)27(5)22(32)25(38)33(27)14-26(2,3)4/h6-13,20-22,34-35H,14-15H2,1-5H3,(H,31,36)/t20?,21-,22+,27?/m0/s1. The minimum atomic E-state index is -3.41. The first-order chi connectivity index (χ1) is 17.6. The zero-order valence-corrected chi connectivity index (χ0v) is 22.0. The molecule has 204 valence electrons. The van der Waals surface area contributed by atoms with E-state index in [0.29, 0.717) is 11.1 Å². The molecule has 3 amide bonds. The van der Waals surface area contributed by atoms with Gasteiger partial charge in [-0.3, -0.25) is 14.4 Å². The van der Waals surface area contributed by atoms with Crippen molar-refractivity contribution in [1.82, 2.24) is 15.1 Å². The Morgan fingerprint density at radius 2 is 1.76 bits per heavy atom. The highest BCUT2D eigenvalue weighted by atomic mass is 19.3. The van der Waals surface area contributed by atoms with Gasteiger partial charge in [-0.25, -0.2) is 8.78 Å². The zero-order valence-electron chi connectivity index (χ0n) is 22.0. The molecule has 2 fully saturated rings. The smallest absolute Gasteiger partial charge is 0.290 e. The molecule has 0 saturated carbocycles. The number of aliphatic hydroxyl groups is 1. The number of rotatable bonds is 6. The number of carbonyl (C=O) groups is 3. The largest absolute Gasteiger partial charge is 0.508 e. The number of benzene rings is 2. The fourth-order valence-corrected chi connectivity index (χ4v) is 5.33. The minimum Gasteiger partial charge on any atom is -0.508 e. The van der Waals surface area contributed by atoms with Crippen molar-refractivity contribution in [3.05, 3.63) is 65.2 Å². The summed E-state index contributed by atoms with van der Waals surface area (Å²) in [6.07, 6.45) is -1.96. The first-order valence-corrected chi connectivity index (χ1v) is 12.4. The number of hydrogen-bond acceptors (Lipinski definition) is 5. The molecule has 0 aliphatic carbocycles. The van der Waals surface area contributed by atoms with Crippen molar-refractivity contribution in [3.63, 3.8) is 0 Å². The number of nitrogens with zero attached hydrogens (tertiary/aromatic N) is 2. The number of fused-ring (bicyclic) bond motifs is 1. The third kappa shape index (κ3) is 4.40. The number of carbonyl (C=O) groups excluding carboxylic acids is 3. The van der Waals surface area contributed by atoms with Crippen molar-refractivity contribution in [3.8, 4) is 5.75 Å². The topological polar surface area (TPSA) is 110 Å². The molecule has 3 N–H and O–H groups in total. The van der Waals surface area contributed by atoms with Crippen LogP contribution < -0.4 is 5.32 Å². The van der Waals surface area contributed by atoms with E-state index in [0.717, 1.165) is 9.80 Å². The molecule has 2 aliphatic heterocycles. The summed E-state index contributed by atoms with van der Waals surface area (Å²) in [7, 11) is 0. The Balaban J connectivity index is 1.64. The maximum atomic E-state index is 15.4. The minimum absolute atomic E-state index is 0.0883. The van der Waals surface area contributed by atoms with Gasteiger partial charge in [-0.05, 0) is 37.0 Å². The SMILES string of the molecule is Cc1c(O)cccc1C(=O)NC(c1ccccc1)[C@H](O)C(=O)N1CC(F)(F)C2(C)[C@H]1C(=O)N2CC(C)(C)C. The van der Waals surface area contributed by atoms with E-state index in [1.54, 1.807) is 37.3 Å². The van der Waals surface area contributed by atoms with Crippen LogP contribution in [0.5, 0.6) is 5.75 Å². The van der Waals surface area contributed by atoms with Crippen LogP contribution in [0.15, 0.2) is 48.5 Å². The van der Waals surface area contributed by atoms with E-state index in [1.165, 1.54) is 25.1 Å². The normalized spacial score (nSPS) is 23.9. The Morgan fingerprint density at radius 3 is 2.37 bits per heavy atom. The van der Waals surface area contributed by atoms with Gasteiger partial charge in [0, 0.05) is 17.7 Å². The summed E-state index contributed by atoms with van der Waals surface area (Å²) in [5, 5.41) is 23.8. The fraction of sp³-hybridized carbons (Fsp3) is 0.464. The number of hydrogen-bond donors (Lipinski definition) is 3. The van der Waals surface area contributed by atoms with Gasteiger partial charge in [-0.2, -0.15) is 0 Å². The van der Waals surface area contributed by atoms with Crippen LogP contribution in [0.2, 0.25) is 0 Å². The van der Waals surface area contributed by atoms with Crippen molar-refractivity contribution in [2.75, 3.05) is 13.1 Å². The second-order valence-electron chi connectivity index (χ2n) is 11.5. The number of alkyl halides is 2. The van der Waals surface area contributed by atoms with E-state index in [9.17, 15) is 24.6 Å². The summed E-state index contributed by atoms with van der Waals surface area (Å²) in [5.74, 6) is -5.87. The van der Waals surface area contributed by atoms with Crippen LogP contribution in [-0.4, -0.2) is 74.4 Å². The molecule has 38 heavy (non-hydrogen) atoms. The molecule has 2 saturated heterocycles. The first kappa shape index (κ1) is 27.5. The average molecular weight is 530 g/mol. The van der Waals surface area contributed by atoms with Crippen LogP contribution in [0, 0.1) is 12.3 Å². The number of phenolic OH excluding ortho intramolecular Hbond substituents is 1. The second kappa shape index (κ2) is 9.34. The van der Waals surface area contributed by atoms with Crippen LogP contribution >= 0.6 is 0 Å². The molecule has 2 aromatic rings. The Morgan fingerprint density at radius 1 is 1.13 bits per heavy atom. The summed E-state index contributed by atoms with van der Waals surface area (Å²) in [6.45, 7) is 7.37. The van der Waals surface area contributed by atoms with Crippen molar-refractivity contribution < 1.29 is 33.4 Å². The van der Waals surface area contributed by atoms with Crippen molar-refractivity contribution in [1.29, 1.82) is 0 Å². The molecular formula is C28H33F2N3O5. The molecule has 0 spiro atoms. The predicted molar refractivity (Wildman–Crippen MR) is 136 cm³/mol. The zero-order chi connectivity index (χ0) is 28.2. The predicted octanol–water partition coefficient (Wildman–Crippen LogP) is 3.03. The van der Waals surface area contributed by atoms with Gasteiger partial charge >= 0.3 is 0 Å². The highest BCUT2D eigenvalue weighted by molar-refractivity contribution is 5.99. The van der Waals surface area contributed by atoms with Crippen molar-refractivity contribution >= 4 is 17.7 Å². The third-order valence-electron chi connectivity index (χ3n) is 7.49. The molecule has 10 heteroatoms. The number of aliphatic hydroxyl groups excluding tert-OH is 1. The van der Waals surface area contributed by atoms with Gasteiger partial charge in [0.2, 0.25) is 5.91 Å². The molecule has 2 unspecified atom stereocenters. The van der Waals surface area contributed by atoms with Crippen LogP contribution in [0.3, 0.4) is 0 Å². The van der Waals surface area contributed by atoms with Crippen molar-refractivity contribution in [2.45, 2.75) is 64.3 Å². The highest BCUT2D eigenvalue weighted by Gasteiger charge is 2.77. The first-order valence-electron chi connectivity index (χ1n) is 12.4. The molecule has 0 bridgehead atoms. The number of amides is 3. The number of halogens is 2. The Hall–Kier alpha value is -3.53. The lowest BCUT2D eigenvalue weighted by Gasteiger charge is -2.56. The summed E-state index contributed by atoms with van der Waals surface area (Å²) in [4.78, 5) is 41.6. The Kier molecular flexibility index (Phi) is 6.76. The molecule has 8 nitrogen and oxygen atoms in total. The van der Waals surface area contributed by atoms with E-state index < -0.39 is 59.3 Å². The highest BCUT2D eigenvalue weighted by Crippen LogP contribution is 2.53. The number of phenols is 1. The van der Waals surface area contributed by atoms with E-state index in [-0.39, 0.29) is 17.9 Å². The Bertz CT molecular complexity index is 1260. The van der Waals surface area contributed by atoms with E-state index in [4.69, 9.17) is 0 Å². The van der Waals surface area contributed by atoms with Gasteiger partial charge in [0.1, 0.15) is 17.3 Å². The maximum Gasteiger partial charge on any atom is 0.290 e. The molecule has 2 aromatic carbocycles. The van der Waals surface area contributed by atoms with Gasteiger partial charge in [-0.1, -0.05) is 57.2 Å². The van der Waals surface area contributed by atoms with Crippen molar-refractivity contribution in [2.24, 2.45) is 5.41 Å². The Labute approximate surface area is 220 Å². The van der Waals surface area contributed by atoms with Gasteiger partial charge in [0.05, 0.1) is 12.6 Å². The quantitative estimate of drug-likeness (QED) is 0.499. The summed E-state index contributed by atoms with van der Waals surface area (Å²) in [6, 6.07) is 9.80. The van der Waals surface area contributed by atoms with Gasteiger partial charge in [0.15, 0.2) is 6.10 Å². The second-order valence-corrected chi connectivity index (χ2v) is 11.5. The maximum absolute atomic E-state index is 15.4. The average Bonchev–Trinajstić information content (AvgIpc) is 3.05. The van der Waals surface area contributed by atoms with Crippen LogP contribution in [-0.2, 0) is 9.59 Å². The van der Waals surface area contributed by atoms with E-state index in [2.05, 4.69) is 5.32 Å². The van der Waals surface area contributed by atoms with Gasteiger partial charge in [0.25, 0.3) is 17.7 Å². The third-order valence-corrected chi connectivity index (χ3v) is 7.49. The molecular weight excluding hydrogens is 496 g/mol. The lowest BCUT2D eigenvalue weighted by molar-refractivity contribution is -0.194. The molecule has 2 aliphatic rings. The molecule has 2 heterocycles. The number of nitrogens with one attached hydrogen (secondary N) is 1. The molecule has 0 radical (unpaired) electrons. The molecule has 0 aromatic heterocycles. The summed E-state index contributed by atoms with van der Waals surface area (Å²) >= 11 is 0. The lowest BCUT2D eigenvalue weighted by atomic mass is 9.76. The number of aromatic hydroxyl groups is 1. The summed E-state index contributed by atoms with van der Waals surface area (Å²) < 4.78 is 30.7. The fourth-order valence-electron chi connectivity index (χ4n) is 5.33.